The number of hydrogen-bond acceptors (Lipinski definition) is 3. The number of ketones is 1. The lowest BCUT2D eigenvalue weighted by atomic mass is 10.0. The van der Waals surface area contributed by atoms with Crippen LogP contribution in [-0.4, -0.2) is 11.3 Å². The van der Waals surface area contributed by atoms with Gasteiger partial charge in [-0.2, -0.15) is 0 Å². The minimum absolute atomic E-state index is 0.0413. The summed E-state index contributed by atoms with van der Waals surface area (Å²) >= 11 is 1.62. The van der Waals surface area contributed by atoms with Gasteiger partial charge in [-0.1, -0.05) is 6.07 Å². The molecule has 0 spiro atoms. The second-order valence-electron chi connectivity index (χ2n) is 4.45. The summed E-state index contributed by atoms with van der Waals surface area (Å²) in [5.74, 6) is 0.169. The van der Waals surface area contributed by atoms with Crippen LogP contribution >= 0.6 is 11.3 Å². The number of carbonyl (C=O) groups excluding carboxylic acids is 1. The highest BCUT2D eigenvalue weighted by Crippen LogP contribution is 2.22. The summed E-state index contributed by atoms with van der Waals surface area (Å²) in [5.41, 5.74) is -0.0413. The lowest BCUT2D eigenvalue weighted by Crippen LogP contribution is -2.41. The van der Waals surface area contributed by atoms with Crippen LogP contribution in [-0.2, 0) is 4.79 Å². The Morgan fingerprint density at radius 2 is 2.14 bits per heavy atom. The minimum atomic E-state index is -0.157. The molecule has 1 atom stereocenters. The van der Waals surface area contributed by atoms with Crippen LogP contribution in [0.2, 0.25) is 0 Å². The molecule has 14 heavy (non-hydrogen) atoms. The molecule has 1 unspecified atom stereocenters. The van der Waals surface area contributed by atoms with E-state index in [9.17, 15) is 4.79 Å². The van der Waals surface area contributed by atoms with Crippen molar-refractivity contribution in [2.45, 2.75) is 39.3 Å². The van der Waals surface area contributed by atoms with E-state index in [0.717, 1.165) is 4.88 Å². The summed E-state index contributed by atoms with van der Waals surface area (Å²) < 4.78 is 0. The van der Waals surface area contributed by atoms with E-state index in [-0.39, 0.29) is 17.4 Å². The van der Waals surface area contributed by atoms with E-state index < -0.39 is 0 Å². The quantitative estimate of drug-likeness (QED) is 0.833. The van der Waals surface area contributed by atoms with Crippen LogP contribution in [0.25, 0.3) is 0 Å². The summed E-state index contributed by atoms with van der Waals surface area (Å²) in [7, 11) is 0. The van der Waals surface area contributed by atoms with Crippen LogP contribution in [0.5, 0.6) is 0 Å². The first kappa shape index (κ1) is 11.4. The molecule has 0 fully saturated rings. The van der Waals surface area contributed by atoms with E-state index in [4.69, 9.17) is 0 Å². The van der Waals surface area contributed by atoms with E-state index in [0.29, 0.717) is 0 Å². The molecule has 1 aromatic heterocycles. The average molecular weight is 211 g/mol. The largest absolute Gasteiger partial charge is 0.298 e. The Morgan fingerprint density at radius 1 is 1.50 bits per heavy atom. The van der Waals surface area contributed by atoms with Crippen LogP contribution in [0.4, 0.5) is 0 Å². The molecular weight excluding hydrogens is 194 g/mol. The molecule has 0 aliphatic heterocycles. The Kier molecular flexibility index (Phi) is 3.45. The Morgan fingerprint density at radius 3 is 2.50 bits per heavy atom. The van der Waals surface area contributed by atoms with E-state index in [2.05, 4.69) is 26.1 Å². The van der Waals surface area contributed by atoms with Gasteiger partial charge in [0, 0.05) is 10.4 Å². The van der Waals surface area contributed by atoms with E-state index in [1.165, 1.54) is 0 Å². The van der Waals surface area contributed by atoms with Gasteiger partial charge in [-0.25, -0.2) is 0 Å². The molecule has 0 aliphatic carbocycles. The molecule has 0 bridgehead atoms. The number of rotatable bonds is 3. The monoisotopic (exact) mass is 211 g/mol. The van der Waals surface area contributed by atoms with Gasteiger partial charge in [-0.05, 0) is 39.1 Å². The predicted octanol–water partition coefficient (Wildman–Crippen LogP) is 2.77. The highest BCUT2D eigenvalue weighted by atomic mass is 32.1. The normalized spacial score (nSPS) is 14.0. The summed E-state index contributed by atoms with van der Waals surface area (Å²) in [6, 6.07) is 3.81. The van der Waals surface area contributed by atoms with E-state index in [1.807, 2.05) is 17.5 Å². The van der Waals surface area contributed by atoms with Gasteiger partial charge in [0.05, 0.1) is 0 Å². The number of nitrogens with one attached hydrogen (secondary N) is 1. The number of thiophene rings is 1. The molecule has 0 aromatic carbocycles. The van der Waals surface area contributed by atoms with Gasteiger partial charge >= 0.3 is 0 Å². The SMILES string of the molecule is CC(=O)C(NC(C)(C)C)c1cccs1. The van der Waals surface area contributed by atoms with Crippen molar-refractivity contribution in [3.8, 4) is 0 Å². The van der Waals surface area contributed by atoms with Gasteiger partial charge in [0.2, 0.25) is 0 Å². The highest BCUT2D eigenvalue weighted by molar-refractivity contribution is 7.10. The van der Waals surface area contributed by atoms with Gasteiger partial charge in [0.15, 0.2) is 5.78 Å². The molecule has 78 valence electrons. The maximum Gasteiger partial charge on any atom is 0.152 e. The summed E-state index contributed by atoms with van der Waals surface area (Å²) in [6.07, 6.45) is 0. The fourth-order valence-electron chi connectivity index (χ4n) is 1.26. The highest BCUT2D eigenvalue weighted by Gasteiger charge is 2.22. The summed E-state index contributed by atoms with van der Waals surface area (Å²) in [6.45, 7) is 7.83. The predicted molar refractivity (Wildman–Crippen MR) is 60.6 cm³/mol. The van der Waals surface area contributed by atoms with Crippen molar-refractivity contribution in [3.63, 3.8) is 0 Å². The standard InChI is InChI=1S/C11H17NOS/c1-8(13)10(12-11(2,3)4)9-6-5-7-14-9/h5-7,10,12H,1-4H3. The van der Waals surface area contributed by atoms with Crippen molar-refractivity contribution >= 4 is 17.1 Å². The molecule has 3 heteroatoms. The molecule has 0 amide bonds. The van der Waals surface area contributed by atoms with Crippen LogP contribution in [0.1, 0.15) is 38.6 Å². The Bertz CT molecular complexity index is 298. The zero-order chi connectivity index (χ0) is 10.8. The van der Waals surface area contributed by atoms with Crippen molar-refractivity contribution in [1.29, 1.82) is 0 Å². The van der Waals surface area contributed by atoms with Crippen LogP contribution in [0.15, 0.2) is 17.5 Å². The molecule has 0 radical (unpaired) electrons. The molecule has 0 aliphatic rings. The zero-order valence-electron chi connectivity index (χ0n) is 9.13. The molecular formula is C11H17NOS. The van der Waals surface area contributed by atoms with Crippen molar-refractivity contribution in [2.24, 2.45) is 0 Å². The van der Waals surface area contributed by atoms with Gasteiger partial charge in [-0.3, -0.25) is 10.1 Å². The molecule has 1 rings (SSSR count). The Balaban J connectivity index is 2.82. The molecule has 1 N–H and O–H groups in total. The van der Waals surface area contributed by atoms with Crippen molar-refractivity contribution in [2.75, 3.05) is 0 Å². The topological polar surface area (TPSA) is 29.1 Å². The fraction of sp³-hybridized carbons (Fsp3) is 0.545. The second-order valence-corrected chi connectivity index (χ2v) is 5.43. The summed E-state index contributed by atoms with van der Waals surface area (Å²) in [5, 5.41) is 5.31. The first-order valence-corrected chi connectivity index (χ1v) is 5.59. The summed E-state index contributed by atoms with van der Waals surface area (Å²) in [4.78, 5) is 12.6. The minimum Gasteiger partial charge on any atom is -0.298 e. The second kappa shape index (κ2) is 4.24. The van der Waals surface area contributed by atoms with Gasteiger partial charge in [-0.15, -0.1) is 11.3 Å². The van der Waals surface area contributed by atoms with E-state index in [1.54, 1.807) is 18.3 Å². The van der Waals surface area contributed by atoms with Crippen molar-refractivity contribution in [3.05, 3.63) is 22.4 Å². The maximum atomic E-state index is 11.5. The molecule has 0 saturated carbocycles. The third-order valence-electron chi connectivity index (χ3n) is 1.81. The van der Waals surface area contributed by atoms with Crippen LogP contribution in [0, 0.1) is 0 Å². The van der Waals surface area contributed by atoms with E-state index >= 15 is 0 Å². The first-order chi connectivity index (χ1) is 6.40. The van der Waals surface area contributed by atoms with Gasteiger partial charge < -0.3 is 0 Å². The molecule has 0 saturated heterocycles. The van der Waals surface area contributed by atoms with Gasteiger partial charge in [0.25, 0.3) is 0 Å². The average Bonchev–Trinajstić information content (AvgIpc) is 2.49. The van der Waals surface area contributed by atoms with Crippen LogP contribution in [0.3, 0.4) is 0 Å². The third-order valence-corrected chi connectivity index (χ3v) is 2.75. The number of Topliss-reactive ketones (excluding diaryl/α,β-unsaturated/α-hetero) is 1. The van der Waals surface area contributed by atoms with Crippen molar-refractivity contribution < 1.29 is 4.79 Å². The molecule has 1 aromatic rings. The first-order valence-electron chi connectivity index (χ1n) is 4.72. The number of hydrogen-bond donors (Lipinski definition) is 1. The lowest BCUT2D eigenvalue weighted by molar-refractivity contribution is -0.119. The number of carbonyl (C=O) groups is 1. The van der Waals surface area contributed by atoms with Gasteiger partial charge in [0.1, 0.15) is 6.04 Å². The molecule has 2 nitrogen and oxygen atoms in total. The molecule has 1 heterocycles. The lowest BCUT2D eigenvalue weighted by Gasteiger charge is -2.26. The van der Waals surface area contributed by atoms with Crippen LogP contribution < -0.4 is 5.32 Å². The third kappa shape index (κ3) is 3.24. The smallest absolute Gasteiger partial charge is 0.152 e. The maximum absolute atomic E-state index is 11.5. The fourth-order valence-corrected chi connectivity index (χ4v) is 2.09. The Hall–Kier alpha value is -0.670. The zero-order valence-corrected chi connectivity index (χ0v) is 9.94. The van der Waals surface area contributed by atoms with Crippen molar-refractivity contribution in [1.82, 2.24) is 5.32 Å². The Labute approximate surface area is 89.3 Å².